The molecule has 0 unspecified atom stereocenters. The molecule has 11 heteroatoms. The van der Waals surface area contributed by atoms with Gasteiger partial charge in [0, 0.05) is 13.0 Å². The highest BCUT2D eigenvalue weighted by atomic mass is 32.1. The number of aromatic hydroxyl groups is 4. The predicted molar refractivity (Wildman–Crippen MR) is 134 cm³/mol. The minimum atomic E-state index is -0.615. The standard InChI is InChI=1S/C12H13NO2S.C11H8N2O4S/c14-10-3-1-8(6-11(10)15)5-9-2-4-12(16)13-7-9;14-7-2-1-5(4-8(7)15)3-6-9(16)12-11(18)13-10(6)17/h1,3,5-6,14-15H,2,4,7H2,(H,13,16);1-4,14-15H,(H2,12,13,16,17,18). The van der Waals surface area contributed by atoms with Gasteiger partial charge in [0.05, 0.1) is 4.99 Å². The third-order valence-corrected chi connectivity index (χ3v) is 5.36. The van der Waals surface area contributed by atoms with Crippen LogP contribution in [0.2, 0.25) is 0 Å². The van der Waals surface area contributed by atoms with Crippen molar-refractivity contribution in [3.8, 4) is 23.0 Å². The zero-order valence-electron chi connectivity index (χ0n) is 17.7. The fourth-order valence-corrected chi connectivity index (χ4v) is 3.42. The van der Waals surface area contributed by atoms with Crippen LogP contribution in [0.3, 0.4) is 0 Å². The number of hydrogen-bond acceptors (Lipinski definition) is 8. The van der Waals surface area contributed by atoms with Crippen LogP contribution in [0.4, 0.5) is 0 Å². The number of benzene rings is 2. The molecule has 0 aliphatic carbocycles. The highest BCUT2D eigenvalue weighted by Crippen LogP contribution is 2.27. The summed E-state index contributed by atoms with van der Waals surface area (Å²) in [6.07, 6.45) is 5.12. The Balaban J connectivity index is 0.000000192. The summed E-state index contributed by atoms with van der Waals surface area (Å²) < 4.78 is 0. The van der Waals surface area contributed by atoms with E-state index in [9.17, 15) is 24.9 Å². The summed E-state index contributed by atoms with van der Waals surface area (Å²) in [6, 6.07) is 8.75. The van der Waals surface area contributed by atoms with Crippen LogP contribution in [0, 0.1) is 0 Å². The molecule has 2 fully saturated rings. The summed E-state index contributed by atoms with van der Waals surface area (Å²) in [4.78, 5) is 24.0. The Kier molecular flexibility index (Phi) is 7.82. The van der Waals surface area contributed by atoms with E-state index >= 15 is 0 Å². The maximum atomic E-state index is 11.5. The average molecular weight is 500 g/mol. The molecule has 7 N–H and O–H groups in total. The molecule has 0 spiro atoms. The second kappa shape index (κ2) is 10.8. The minimum Gasteiger partial charge on any atom is -0.504 e. The van der Waals surface area contributed by atoms with Crippen LogP contribution >= 0.6 is 24.4 Å². The van der Waals surface area contributed by atoms with Gasteiger partial charge in [0.2, 0.25) is 0 Å². The first kappa shape index (κ1) is 24.7. The van der Waals surface area contributed by atoms with Crippen molar-refractivity contribution >= 4 is 58.5 Å². The van der Waals surface area contributed by atoms with Crippen molar-refractivity contribution < 1.29 is 30.0 Å². The molecule has 2 amide bonds. The van der Waals surface area contributed by atoms with Gasteiger partial charge in [0.1, 0.15) is 5.57 Å². The molecule has 2 aromatic rings. The molecule has 9 nitrogen and oxygen atoms in total. The lowest BCUT2D eigenvalue weighted by Gasteiger charge is -2.17. The van der Waals surface area contributed by atoms with E-state index in [1.807, 2.05) is 6.08 Å². The van der Waals surface area contributed by atoms with Gasteiger partial charge in [-0.1, -0.05) is 36.0 Å². The Morgan fingerprint density at radius 2 is 1.26 bits per heavy atom. The number of piperidine rings is 1. The van der Waals surface area contributed by atoms with Gasteiger partial charge in [-0.25, -0.2) is 0 Å². The Morgan fingerprint density at radius 3 is 1.74 bits per heavy atom. The van der Waals surface area contributed by atoms with E-state index in [1.165, 1.54) is 35.9 Å². The van der Waals surface area contributed by atoms with Gasteiger partial charge in [-0.3, -0.25) is 20.2 Å². The van der Waals surface area contributed by atoms with Gasteiger partial charge in [-0.05, 0) is 60.1 Å². The summed E-state index contributed by atoms with van der Waals surface area (Å²) in [5.74, 6) is -2.03. The van der Waals surface area contributed by atoms with Crippen LogP contribution in [0.5, 0.6) is 23.0 Å². The number of phenolic OH excluding ortho intramolecular Hbond substituents is 4. The van der Waals surface area contributed by atoms with E-state index in [-0.39, 0.29) is 33.7 Å². The largest absolute Gasteiger partial charge is 0.504 e. The molecule has 2 aromatic carbocycles. The number of phenols is 4. The van der Waals surface area contributed by atoms with Crippen LogP contribution in [-0.2, 0) is 9.59 Å². The normalized spacial score (nSPS) is 16.7. The molecule has 34 heavy (non-hydrogen) atoms. The number of carbonyl (C=O) groups is 2. The van der Waals surface area contributed by atoms with Crippen molar-refractivity contribution in [3.05, 3.63) is 58.7 Å². The highest BCUT2D eigenvalue weighted by molar-refractivity contribution is 7.80. The number of nitrogens with one attached hydrogen (secondary N) is 3. The van der Waals surface area contributed by atoms with Crippen molar-refractivity contribution in [2.75, 3.05) is 6.54 Å². The summed E-state index contributed by atoms with van der Waals surface area (Å²) in [5, 5.41) is 44.6. The van der Waals surface area contributed by atoms with Gasteiger partial charge >= 0.3 is 0 Å². The molecule has 4 rings (SSSR count). The molecule has 0 atom stereocenters. The van der Waals surface area contributed by atoms with Crippen molar-refractivity contribution in [2.24, 2.45) is 0 Å². The lowest BCUT2D eigenvalue weighted by atomic mass is 10.0. The number of carbonyl (C=O) groups excluding carboxylic acids is 2. The maximum absolute atomic E-state index is 11.5. The van der Waals surface area contributed by atoms with E-state index in [2.05, 4.69) is 28.2 Å². The topological polar surface area (TPSA) is 151 Å². The van der Waals surface area contributed by atoms with Crippen LogP contribution < -0.4 is 16.0 Å². The third-order valence-electron chi connectivity index (χ3n) is 4.81. The number of thiocarbonyl (C=S) groups is 2. The minimum absolute atomic E-state index is 0.0456. The first-order valence-corrected chi connectivity index (χ1v) is 10.8. The average Bonchev–Trinajstić information content (AvgIpc) is 2.78. The summed E-state index contributed by atoms with van der Waals surface area (Å²) >= 11 is 9.70. The zero-order valence-corrected chi connectivity index (χ0v) is 19.3. The summed E-state index contributed by atoms with van der Waals surface area (Å²) in [7, 11) is 0. The highest BCUT2D eigenvalue weighted by Gasteiger charge is 2.25. The van der Waals surface area contributed by atoms with E-state index in [0.29, 0.717) is 5.56 Å². The molecule has 2 aliphatic heterocycles. The molecular formula is C23H21N3O6S2. The van der Waals surface area contributed by atoms with Gasteiger partial charge in [0.15, 0.2) is 28.1 Å². The lowest BCUT2D eigenvalue weighted by molar-refractivity contribution is -0.123. The smallest absolute Gasteiger partial charge is 0.263 e. The van der Waals surface area contributed by atoms with E-state index in [4.69, 9.17) is 17.3 Å². The van der Waals surface area contributed by atoms with Crippen molar-refractivity contribution in [1.29, 1.82) is 0 Å². The van der Waals surface area contributed by atoms with E-state index in [0.717, 1.165) is 29.9 Å². The Labute approximate surface area is 205 Å². The summed E-state index contributed by atoms with van der Waals surface area (Å²) in [6.45, 7) is 0.764. The van der Waals surface area contributed by atoms with Gasteiger partial charge in [-0.2, -0.15) is 0 Å². The van der Waals surface area contributed by atoms with Crippen molar-refractivity contribution in [1.82, 2.24) is 16.0 Å². The third kappa shape index (κ3) is 6.53. The maximum Gasteiger partial charge on any atom is 0.263 e. The lowest BCUT2D eigenvalue weighted by Crippen LogP contribution is -2.51. The van der Waals surface area contributed by atoms with E-state index < -0.39 is 11.8 Å². The zero-order chi connectivity index (χ0) is 24.8. The monoisotopic (exact) mass is 499 g/mol. The SMILES string of the molecule is O=C1NC(=S)NC(=O)C1=Cc1ccc(O)c(O)c1.Oc1ccc(C=C2CCC(=S)NC2)cc1O. The number of rotatable bonds is 2. The van der Waals surface area contributed by atoms with Crippen LogP contribution in [0.25, 0.3) is 12.2 Å². The Hall–Kier alpha value is -3.96. The summed E-state index contributed by atoms with van der Waals surface area (Å²) in [5.41, 5.74) is 2.41. The molecule has 0 aromatic heterocycles. The second-order valence-corrected chi connectivity index (χ2v) is 8.27. The van der Waals surface area contributed by atoms with E-state index in [1.54, 1.807) is 12.1 Å². The molecule has 0 saturated carbocycles. The quantitative estimate of drug-likeness (QED) is 0.143. The van der Waals surface area contributed by atoms with Crippen molar-refractivity contribution in [2.45, 2.75) is 12.8 Å². The second-order valence-electron chi connectivity index (χ2n) is 7.37. The molecule has 2 heterocycles. The molecule has 0 radical (unpaired) electrons. The molecule has 2 aliphatic rings. The van der Waals surface area contributed by atoms with Crippen LogP contribution in [0.1, 0.15) is 24.0 Å². The fraction of sp³-hybridized carbons (Fsp3) is 0.130. The molecule has 0 bridgehead atoms. The Bertz CT molecular complexity index is 1210. The predicted octanol–water partition coefficient (Wildman–Crippen LogP) is 2.20. The molecular weight excluding hydrogens is 478 g/mol. The Morgan fingerprint density at radius 1 is 0.735 bits per heavy atom. The molecule has 176 valence electrons. The molecule has 2 saturated heterocycles. The van der Waals surface area contributed by atoms with Crippen LogP contribution in [-0.4, -0.2) is 48.9 Å². The van der Waals surface area contributed by atoms with Crippen LogP contribution in [0.15, 0.2) is 47.5 Å². The fourth-order valence-electron chi connectivity index (χ4n) is 3.06. The van der Waals surface area contributed by atoms with Gasteiger partial charge < -0.3 is 25.7 Å². The van der Waals surface area contributed by atoms with Crippen molar-refractivity contribution in [3.63, 3.8) is 0 Å². The number of amides is 2. The first-order valence-electron chi connectivity index (χ1n) is 10.0. The van der Waals surface area contributed by atoms with Gasteiger partial charge in [0.25, 0.3) is 11.8 Å². The first-order chi connectivity index (χ1) is 16.1. The van der Waals surface area contributed by atoms with Gasteiger partial charge in [-0.15, -0.1) is 0 Å². The number of hydrogen-bond donors (Lipinski definition) is 7.